The fraction of sp³-hybridized carbons (Fsp3) is 0.238. The lowest BCUT2D eigenvalue weighted by molar-refractivity contribution is -0.385. The molecule has 0 unspecified atom stereocenters. The molecule has 1 aliphatic rings. The minimum Gasteiger partial charge on any atom is -0.455 e. The Morgan fingerprint density at radius 3 is 2.70 bits per heavy atom. The molecule has 1 heterocycles. The summed E-state index contributed by atoms with van der Waals surface area (Å²) in [6.07, 6.45) is -0.245. The number of benzene rings is 2. The summed E-state index contributed by atoms with van der Waals surface area (Å²) in [4.78, 5) is 59.4. The Morgan fingerprint density at radius 2 is 1.97 bits per heavy atom. The molecule has 0 aromatic heterocycles. The number of hydrogen-bond donors (Lipinski definition) is 2. The van der Waals surface area contributed by atoms with Crippen molar-refractivity contribution in [2.24, 2.45) is 5.92 Å². The first-order valence-electron chi connectivity index (χ1n) is 9.73. The van der Waals surface area contributed by atoms with E-state index in [9.17, 15) is 29.3 Å². The molecule has 0 saturated carbocycles. The van der Waals surface area contributed by atoms with E-state index in [0.717, 1.165) is 16.6 Å². The number of carbonyl (C=O) groups is 4. The molecular weight excluding hydrogens is 456 g/mol. The van der Waals surface area contributed by atoms with Crippen LogP contribution in [0.2, 0.25) is 5.02 Å². The monoisotopic (exact) mass is 474 g/mol. The first-order chi connectivity index (χ1) is 15.7. The van der Waals surface area contributed by atoms with Gasteiger partial charge in [0.2, 0.25) is 5.91 Å². The maximum Gasteiger partial charge on any atom is 0.311 e. The number of nitrogens with zero attached hydrogens (tertiary/aromatic N) is 2. The minimum absolute atomic E-state index is 0.195. The minimum atomic E-state index is -0.913. The maximum absolute atomic E-state index is 12.4. The van der Waals surface area contributed by atoms with Crippen molar-refractivity contribution in [3.8, 4) is 0 Å². The van der Waals surface area contributed by atoms with Crippen LogP contribution in [0.1, 0.15) is 22.3 Å². The number of aryl methyl sites for hydroxylation is 1. The van der Waals surface area contributed by atoms with Crippen LogP contribution in [0.25, 0.3) is 0 Å². The molecule has 0 spiro atoms. The number of nitro groups is 1. The second kappa shape index (κ2) is 10.1. The van der Waals surface area contributed by atoms with Crippen LogP contribution in [0.3, 0.4) is 0 Å². The Labute approximate surface area is 192 Å². The van der Waals surface area contributed by atoms with Crippen molar-refractivity contribution in [1.29, 1.82) is 0 Å². The molecule has 2 aromatic rings. The van der Waals surface area contributed by atoms with Crippen LogP contribution in [0, 0.1) is 23.0 Å². The van der Waals surface area contributed by atoms with Crippen molar-refractivity contribution in [2.75, 3.05) is 18.5 Å². The number of rotatable bonds is 7. The van der Waals surface area contributed by atoms with Crippen LogP contribution in [-0.4, -0.2) is 46.8 Å². The van der Waals surface area contributed by atoms with E-state index in [1.165, 1.54) is 18.2 Å². The Morgan fingerprint density at radius 1 is 1.24 bits per heavy atom. The highest BCUT2D eigenvalue weighted by atomic mass is 35.5. The van der Waals surface area contributed by atoms with Crippen LogP contribution in [0.5, 0.6) is 0 Å². The van der Waals surface area contributed by atoms with E-state index < -0.39 is 46.8 Å². The van der Waals surface area contributed by atoms with E-state index in [1.807, 2.05) is 0 Å². The Balaban J connectivity index is 1.54. The number of nitrogens with one attached hydrogen (secondary N) is 2. The zero-order chi connectivity index (χ0) is 24.1. The summed E-state index contributed by atoms with van der Waals surface area (Å²) in [5.41, 5.74) is 2.87. The summed E-state index contributed by atoms with van der Waals surface area (Å²) >= 11 is 5.90. The van der Waals surface area contributed by atoms with Gasteiger partial charge in [-0.2, -0.15) is 0 Å². The number of halogens is 1. The lowest BCUT2D eigenvalue weighted by Gasteiger charge is -2.17. The SMILES string of the molecule is Cc1ccc(Cl)cc1NC(=O)COC(=O)[C@@H]1CC(=O)N(NC(=O)c2ccccc2[N+](=O)[O-])C1. The van der Waals surface area contributed by atoms with Gasteiger partial charge in [0.1, 0.15) is 5.56 Å². The predicted octanol–water partition coefficient (Wildman–Crippen LogP) is 2.23. The summed E-state index contributed by atoms with van der Waals surface area (Å²) in [5, 5.41) is 15.0. The maximum atomic E-state index is 12.4. The topological polar surface area (TPSA) is 148 Å². The average Bonchev–Trinajstić information content (AvgIpc) is 3.14. The fourth-order valence-corrected chi connectivity index (χ4v) is 3.32. The van der Waals surface area contributed by atoms with Gasteiger partial charge in [-0.15, -0.1) is 0 Å². The molecule has 1 atom stereocenters. The number of para-hydroxylation sites is 1. The van der Waals surface area contributed by atoms with Crippen molar-refractivity contribution in [3.63, 3.8) is 0 Å². The number of amides is 3. The molecule has 0 aliphatic carbocycles. The summed E-state index contributed by atoms with van der Waals surface area (Å²) < 4.78 is 5.00. The Kier molecular flexibility index (Phi) is 7.23. The van der Waals surface area contributed by atoms with Gasteiger partial charge in [0, 0.05) is 23.2 Å². The van der Waals surface area contributed by atoms with Gasteiger partial charge in [-0.1, -0.05) is 29.8 Å². The van der Waals surface area contributed by atoms with Crippen LogP contribution in [-0.2, 0) is 19.1 Å². The number of anilines is 1. The van der Waals surface area contributed by atoms with Gasteiger partial charge in [0.05, 0.1) is 17.4 Å². The number of hydrazine groups is 1. The summed E-state index contributed by atoms with van der Waals surface area (Å²) in [5.74, 6) is -3.71. The van der Waals surface area contributed by atoms with E-state index in [1.54, 1.807) is 25.1 Å². The third-order valence-corrected chi connectivity index (χ3v) is 5.09. The molecular formula is C21H19ClN4O7. The summed E-state index contributed by atoms with van der Waals surface area (Å²) in [6.45, 7) is 1.01. The second-order valence-corrected chi connectivity index (χ2v) is 7.67. The molecule has 11 nitrogen and oxygen atoms in total. The quantitative estimate of drug-likeness (QED) is 0.355. The van der Waals surface area contributed by atoms with Crippen LogP contribution in [0.15, 0.2) is 42.5 Å². The first kappa shape index (κ1) is 23.7. The third kappa shape index (κ3) is 5.83. The van der Waals surface area contributed by atoms with E-state index in [2.05, 4.69) is 10.7 Å². The molecule has 2 aromatic carbocycles. The Bertz CT molecular complexity index is 1140. The van der Waals surface area contributed by atoms with Crippen molar-refractivity contribution < 1.29 is 28.8 Å². The largest absolute Gasteiger partial charge is 0.455 e. The molecule has 1 aliphatic heterocycles. The molecule has 172 valence electrons. The van der Waals surface area contributed by atoms with Gasteiger partial charge in [-0.05, 0) is 30.7 Å². The predicted molar refractivity (Wildman–Crippen MR) is 116 cm³/mol. The fourth-order valence-electron chi connectivity index (χ4n) is 3.15. The zero-order valence-electron chi connectivity index (χ0n) is 17.4. The smallest absolute Gasteiger partial charge is 0.311 e. The number of nitro benzene ring substituents is 1. The highest BCUT2D eigenvalue weighted by Crippen LogP contribution is 2.22. The van der Waals surface area contributed by atoms with Crippen molar-refractivity contribution in [3.05, 3.63) is 68.7 Å². The van der Waals surface area contributed by atoms with Crippen LogP contribution < -0.4 is 10.7 Å². The molecule has 12 heteroatoms. The van der Waals surface area contributed by atoms with Crippen molar-refractivity contribution in [1.82, 2.24) is 10.4 Å². The normalized spacial score (nSPS) is 15.2. The molecule has 1 fully saturated rings. The van der Waals surface area contributed by atoms with Crippen molar-refractivity contribution >= 4 is 46.7 Å². The first-order valence-corrected chi connectivity index (χ1v) is 10.1. The van der Waals surface area contributed by atoms with E-state index >= 15 is 0 Å². The van der Waals surface area contributed by atoms with Crippen LogP contribution in [0.4, 0.5) is 11.4 Å². The van der Waals surface area contributed by atoms with Gasteiger partial charge < -0.3 is 10.1 Å². The number of carbonyl (C=O) groups excluding carboxylic acids is 4. The average molecular weight is 475 g/mol. The van der Waals surface area contributed by atoms with E-state index in [0.29, 0.717) is 10.7 Å². The van der Waals surface area contributed by atoms with Gasteiger partial charge in [0.15, 0.2) is 6.61 Å². The molecule has 0 bridgehead atoms. The third-order valence-electron chi connectivity index (χ3n) is 4.86. The second-order valence-electron chi connectivity index (χ2n) is 7.24. The van der Waals surface area contributed by atoms with E-state index in [4.69, 9.17) is 16.3 Å². The molecule has 3 rings (SSSR count). The molecule has 3 amide bonds. The number of ether oxygens (including phenoxy) is 1. The molecule has 0 radical (unpaired) electrons. The molecule has 33 heavy (non-hydrogen) atoms. The standard InChI is InChI=1S/C21H19ClN4O7/c1-12-6-7-14(22)9-16(12)23-18(27)11-33-21(30)13-8-19(28)25(10-13)24-20(29)15-4-2-3-5-17(15)26(31)32/h2-7,9,13H,8,10-11H2,1H3,(H,23,27)(H,24,29)/t13-/m1/s1. The summed E-state index contributed by atoms with van der Waals surface area (Å²) in [7, 11) is 0. The van der Waals surface area contributed by atoms with Gasteiger partial charge in [-0.25, -0.2) is 0 Å². The van der Waals surface area contributed by atoms with Crippen molar-refractivity contribution in [2.45, 2.75) is 13.3 Å². The van der Waals surface area contributed by atoms with Gasteiger partial charge in [0.25, 0.3) is 17.5 Å². The number of hydrogen-bond acceptors (Lipinski definition) is 7. The summed E-state index contributed by atoms with van der Waals surface area (Å²) in [6, 6.07) is 10.2. The molecule has 1 saturated heterocycles. The highest BCUT2D eigenvalue weighted by molar-refractivity contribution is 6.31. The number of esters is 1. The van der Waals surface area contributed by atoms with Gasteiger partial charge in [-0.3, -0.25) is 39.7 Å². The lowest BCUT2D eigenvalue weighted by atomic mass is 10.1. The molecule has 2 N–H and O–H groups in total. The van der Waals surface area contributed by atoms with Crippen LogP contribution >= 0.6 is 11.6 Å². The van der Waals surface area contributed by atoms with Gasteiger partial charge >= 0.3 is 5.97 Å². The zero-order valence-corrected chi connectivity index (χ0v) is 18.1. The lowest BCUT2D eigenvalue weighted by Crippen LogP contribution is -2.43. The highest BCUT2D eigenvalue weighted by Gasteiger charge is 2.37. The Hall–Kier alpha value is -3.99. The van der Waals surface area contributed by atoms with E-state index in [-0.39, 0.29) is 18.5 Å².